The van der Waals surface area contributed by atoms with E-state index in [0.29, 0.717) is 11.1 Å². The lowest BCUT2D eigenvalue weighted by atomic mass is 9.96. The summed E-state index contributed by atoms with van der Waals surface area (Å²) in [6.45, 7) is 4.08. The van der Waals surface area contributed by atoms with Gasteiger partial charge < -0.3 is 0 Å². The molecule has 0 radical (unpaired) electrons. The maximum Gasteiger partial charge on any atom is 0.263 e. The van der Waals surface area contributed by atoms with E-state index in [1.165, 1.54) is 0 Å². The Morgan fingerprint density at radius 1 is 0.633 bits per heavy atom. The molecule has 2 aromatic rings. The lowest BCUT2D eigenvalue weighted by Gasteiger charge is -2.23. The van der Waals surface area contributed by atoms with E-state index < -0.39 is 0 Å². The number of fused-ring (bicyclic) bond motifs is 6. The van der Waals surface area contributed by atoms with Gasteiger partial charge in [-0.05, 0) is 60.4 Å². The van der Waals surface area contributed by atoms with Crippen LogP contribution in [0.25, 0.3) is 23.5 Å². The molecule has 0 bridgehead atoms. The minimum atomic E-state index is -0.163. The van der Waals surface area contributed by atoms with Crippen molar-refractivity contribution in [1.29, 1.82) is 0 Å². The first-order chi connectivity index (χ1) is 14.5. The summed E-state index contributed by atoms with van der Waals surface area (Å²) in [5.74, 6) is -0.326. The van der Waals surface area contributed by atoms with Gasteiger partial charge in [-0.25, -0.2) is 0 Å². The first-order valence-corrected chi connectivity index (χ1v) is 9.96. The van der Waals surface area contributed by atoms with E-state index in [-0.39, 0.29) is 11.8 Å². The molecule has 0 fully saturated rings. The molecular weight excluding hydrogens is 372 g/mol. The Kier molecular flexibility index (Phi) is 3.28. The first-order valence-electron chi connectivity index (χ1n) is 9.96. The molecule has 144 valence electrons. The number of hydrogen-bond acceptors (Lipinski definition) is 2. The SMILES string of the molecule is Cc1cccc2c1C1=C/C(=C3/C=C4c5c(C)cccc5C=CN4C3=O)C(=O)N1C=C2. The van der Waals surface area contributed by atoms with Crippen molar-refractivity contribution >= 4 is 35.4 Å². The highest BCUT2D eigenvalue weighted by atomic mass is 16.2. The summed E-state index contributed by atoms with van der Waals surface area (Å²) in [7, 11) is 0. The molecule has 4 aliphatic rings. The summed E-state index contributed by atoms with van der Waals surface area (Å²) < 4.78 is 0. The van der Waals surface area contributed by atoms with E-state index in [1.807, 2.05) is 74.5 Å². The maximum absolute atomic E-state index is 13.3. The van der Waals surface area contributed by atoms with Crippen LogP contribution in [0.1, 0.15) is 33.4 Å². The fourth-order valence-corrected chi connectivity index (χ4v) is 4.75. The molecule has 4 heterocycles. The Bertz CT molecular complexity index is 1250. The molecule has 0 aliphatic carbocycles. The quantitative estimate of drug-likeness (QED) is 0.615. The second-order valence-electron chi connectivity index (χ2n) is 7.95. The molecule has 0 aromatic heterocycles. The summed E-state index contributed by atoms with van der Waals surface area (Å²) >= 11 is 0. The van der Waals surface area contributed by atoms with Crippen molar-refractivity contribution in [2.24, 2.45) is 0 Å². The standard InChI is InChI=1S/C26H18N2O2/c1-15-5-3-7-17-9-11-27-21(23(15)17)13-19(25(27)29)20-14-22-24-16(2)6-4-8-18(24)10-12-28(22)26(20)30/h3-14H,1-2H3/b20-19+. The molecule has 0 N–H and O–H groups in total. The number of carbonyl (C=O) groups is 2. The predicted octanol–water partition coefficient (Wildman–Crippen LogP) is 4.64. The third-order valence-corrected chi connectivity index (χ3v) is 6.20. The predicted molar refractivity (Wildman–Crippen MR) is 117 cm³/mol. The average molecular weight is 390 g/mol. The van der Waals surface area contributed by atoms with Crippen LogP contribution < -0.4 is 0 Å². The average Bonchev–Trinajstić information content (AvgIpc) is 3.25. The van der Waals surface area contributed by atoms with Crippen LogP contribution in [0.3, 0.4) is 0 Å². The zero-order chi connectivity index (χ0) is 20.6. The van der Waals surface area contributed by atoms with E-state index in [2.05, 4.69) is 0 Å². The number of aryl methyl sites for hydroxylation is 2. The Labute approximate surface area is 174 Å². The molecule has 0 saturated carbocycles. The smallest absolute Gasteiger partial charge is 0.263 e. The van der Waals surface area contributed by atoms with Crippen LogP contribution in [0.15, 0.2) is 72.1 Å². The summed E-state index contributed by atoms with van der Waals surface area (Å²) in [5, 5.41) is 0. The van der Waals surface area contributed by atoms with E-state index in [9.17, 15) is 9.59 Å². The summed E-state index contributed by atoms with van der Waals surface area (Å²) in [6, 6.07) is 12.2. The van der Waals surface area contributed by atoms with Crippen LogP contribution in [-0.4, -0.2) is 21.6 Å². The summed E-state index contributed by atoms with van der Waals surface area (Å²) in [5.41, 5.74) is 9.02. The van der Waals surface area contributed by atoms with Crippen LogP contribution in [0, 0.1) is 13.8 Å². The van der Waals surface area contributed by atoms with E-state index in [4.69, 9.17) is 0 Å². The zero-order valence-corrected chi connectivity index (χ0v) is 16.6. The fraction of sp³-hybridized carbons (Fsp3) is 0.0769. The molecule has 4 nitrogen and oxygen atoms in total. The lowest BCUT2D eigenvalue weighted by Crippen LogP contribution is -2.25. The molecule has 2 aromatic carbocycles. The Balaban J connectivity index is 1.56. The van der Waals surface area contributed by atoms with Gasteiger partial charge in [-0.2, -0.15) is 0 Å². The van der Waals surface area contributed by atoms with E-state index >= 15 is 0 Å². The number of amides is 2. The molecule has 4 aliphatic heterocycles. The van der Waals surface area contributed by atoms with Gasteiger partial charge in [0.05, 0.1) is 22.5 Å². The highest BCUT2D eigenvalue weighted by Gasteiger charge is 2.39. The van der Waals surface area contributed by atoms with Gasteiger partial charge in [0.1, 0.15) is 0 Å². The lowest BCUT2D eigenvalue weighted by molar-refractivity contribution is -0.123. The normalized spacial score (nSPS) is 20.7. The van der Waals surface area contributed by atoms with Crippen LogP contribution in [0.5, 0.6) is 0 Å². The molecule has 0 spiro atoms. The molecule has 6 rings (SSSR count). The molecule has 0 unspecified atom stereocenters. The third kappa shape index (κ3) is 2.10. The van der Waals surface area contributed by atoms with Crippen molar-refractivity contribution < 1.29 is 9.59 Å². The Hall–Kier alpha value is -3.92. The minimum Gasteiger partial charge on any atom is -0.283 e. The van der Waals surface area contributed by atoms with Gasteiger partial charge in [-0.15, -0.1) is 0 Å². The molecule has 2 amide bonds. The monoisotopic (exact) mass is 390 g/mol. The van der Waals surface area contributed by atoms with Gasteiger partial charge in [0.25, 0.3) is 11.8 Å². The van der Waals surface area contributed by atoms with Crippen molar-refractivity contribution in [3.05, 3.63) is 105 Å². The van der Waals surface area contributed by atoms with Gasteiger partial charge in [-0.3, -0.25) is 19.4 Å². The number of hydrogen-bond donors (Lipinski definition) is 0. The second kappa shape index (κ2) is 5.80. The van der Waals surface area contributed by atoms with Gasteiger partial charge in [0.15, 0.2) is 0 Å². The third-order valence-electron chi connectivity index (χ3n) is 6.20. The number of nitrogens with zero attached hydrogens (tertiary/aromatic N) is 2. The van der Waals surface area contributed by atoms with Crippen LogP contribution >= 0.6 is 0 Å². The number of benzene rings is 2. The van der Waals surface area contributed by atoms with Crippen molar-refractivity contribution in [3.8, 4) is 0 Å². The first kappa shape index (κ1) is 17.0. The van der Waals surface area contributed by atoms with Crippen LogP contribution in [0.2, 0.25) is 0 Å². The molecule has 4 heteroatoms. The molecular formula is C26H18N2O2. The van der Waals surface area contributed by atoms with E-state index in [1.54, 1.807) is 22.2 Å². The highest BCUT2D eigenvalue weighted by molar-refractivity contribution is 6.20. The molecule has 30 heavy (non-hydrogen) atoms. The number of carbonyl (C=O) groups excluding carboxylic acids is 2. The largest absolute Gasteiger partial charge is 0.283 e. The van der Waals surface area contributed by atoms with Crippen LogP contribution in [-0.2, 0) is 9.59 Å². The molecule has 0 saturated heterocycles. The van der Waals surface area contributed by atoms with Gasteiger partial charge in [0, 0.05) is 23.5 Å². The van der Waals surface area contributed by atoms with Gasteiger partial charge >= 0.3 is 0 Å². The maximum atomic E-state index is 13.3. The fourth-order valence-electron chi connectivity index (χ4n) is 4.75. The van der Waals surface area contributed by atoms with Gasteiger partial charge in [-0.1, -0.05) is 36.4 Å². The number of rotatable bonds is 0. The second-order valence-corrected chi connectivity index (χ2v) is 7.95. The van der Waals surface area contributed by atoms with Crippen molar-refractivity contribution in [1.82, 2.24) is 9.80 Å². The van der Waals surface area contributed by atoms with Crippen molar-refractivity contribution in [3.63, 3.8) is 0 Å². The van der Waals surface area contributed by atoms with E-state index in [0.717, 1.165) is 44.8 Å². The zero-order valence-electron chi connectivity index (χ0n) is 16.6. The van der Waals surface area contributed by atoms with Crippen molar-refractivity contribution in [2.45, 2.75) is 13.8 Å². The van der Waals surface area contributed by atoms with Gasteiger partial charge in [0.2, 0.25) is 0 Å². The molecule has 0 atom stereocenters. The van der Waals surface area contributed by atoms with Crippen LogP contribution in [0.4, 0.5) is 0 Å². The Morgan fingerprint density at radius 3 is 1.50 bits per heavy atom. The Morgan fingerprint density at radius 2 is 1.07 bits per heavy atom. The summed E-state index contributed by atoms with van der Waals surface area (Å²) in [6.07, 6.45) is 11.2. The minimum absolute atomic E-state index is 0.163. The van der Waals surface area contributed by atoms with Crippen molar-refractivity contribution in [2.75, 3.05) is 0 Å². The highest BCUT2D eigenvalue weighted by Crippen LogP contribution is 2.42. The summed E-state index contributed by atoms with van der Waals surface area (Å²) in [4.78, 5) is 29.8. The topological polar surface area (TPSA) is 40.6 Å².